The molecule has 0 amide bonds. The zero-order valence-electron chi connectivity index (χ0n) is 12.0. The van der Waals surface area contributed by atoms with Crippen LogP contribution >= 0.6 is 0 Å². The largest absolute Gasteiger partial charge is 0.497 e. The molecule has 0 spiro atoms. The third-order valence-corrected chi connectivity index (χ3v) is 3.27. The smallest absolute Gasteiger partial charge is 0.339 e. The van der Waals surface area contributed by atoms with E-state index in [1.807, 2.05) is 0 Å². The quantitative estimate of drug-likeness (QED) is 0.794. The summed E-state index contributed by atoms with van der Waals surface area (Å²) < 4.78 is 12.1. The zero-order valence-corrected chi connectivity index (χ0v) is 12.0. The first kappa shape index (κ1) is 13.9. The average molecular weight is 299 g/mol. The second kappa shape index (κ2) is 5.36. The summed E-state index contributed by atoms with van der Waals surface area (Å²) in [6, 6.07) is 8.44. The molecule has 0 atom stereocenters. The average Bonchev–Trinajstić information content (AvgIpc) is 2.98. The molecule has 3 aromatic rings. The minimum absolute atomic E-state index is 0.0936. The van der Waals surface area contributed by atoms with Crippen molar-refractivity contribution in [1.82, 2.24) is 14.6 Å². The summed E-state index contributed by atoms with van der Waals surface area (Å²) in [6.07, 6.45) is 1.71. The Morgan fingerprint density at radius 3 is 2.41 bits per heavy atom. The Morgan fingerprint density at radius 1 is 1.14 bits per heavy atom. The number of fused-ring (bicyclic) bond motifs is 1. The second-order valence-corrected chi connectivity index (χ2v) is 4.55. The number of methoxy groups -OCH3 is 2. The van der Waals surface area contributed by atoms with Crippen molar-refractivity contribution in [3.05, 3.63) is 42.1 Å². The lowest BCUT2D eigenvalue weighted by Crippen LogP contribution is -2.00. The van der Waals surface area contributed by atoms with E-state index in [9.17, 15) is 9.90 Å². The highest BCUT2D eigenvalue weighted by atomic mass is 16.5. The maximum atomic E-state index is 11.2. The maximum absolute atomic E-state index is 11.2. The Bertz CT molecular complexity index is 835. The Hall–Kier alpha value is -3.09. The number of carboxylic acid groups (broad SMARTS) is 1. The van der Waals surface area contributed by atoms with E-state index in [1.165, 1.54) is 6.07 Å². The summed E-state index contributed by atoms with van der Waals surface area (Å²) in [5, 5.41) is 17.3. The molecule has 0 aliphatic heterocycles. The number of rotatable bonds is 4. The van der Waals surface area contributed by atoms with Crippen LogP contribution in [0.3, 0.4) is 0 Å². The van der Waals surface area contributed by atoms with Crippen molar-refractivity contribution in [1.29, 1.82) is 0 Å². The van der Waals surface area contributed by atoms with Crippen LogP contribution in [0.4, 0.5) is 0 Å². The summed E-state index contributed by atoms with van der Waals surface area (Å²) >= 11 is 0. The highest BCUT2D eigenvalue weighted by molar-refractivity contribution is 5.94. The number of aromatic carboxylic acids is 1. The molecule has 0 fully saturated rings. The first-order chi connectivity index (χ1) is 10.6. The van der Waals surface area contributed by atoms with Crippen LogP contribution in [0.15, 0.2) is 36.5 Å². The van der Waals surface area contributed by atoms with Crippen molar-refractivity contribution in [2.45, 2.75) is 0 Å². The van der Waals surface area contributed by atoms with Crippen LogP contribution in [0.5, 0.6) is 11.5 Å². The van der Waals surface area contributed by atoms with Gasteiger partial charge in [-0.3, -0.25) is 4.40 Å². The fourth-order valence-corrected chi connectivity index (χ4v) is 2.22. The minimum atomic E-state index is -1.05. The lowest BCUT2D eigenvalue weighted by atomic mass is 10.2. The Morgan fingerprint density at radius 2 is 1.82 bits per heavy atom. The van der Waals surface area contributed by atoms with Crippen LogP contribution < -0.4 is 9.47 Å². The van der Waals surface area contributed by atoms with Gasteiger partial charge in [0.25, 0.3) is 0 Å². The topological polar surface area (TPSA) is 86.0 Å². The fraction of sp³-hybridized carbons (Fsp3) is 0.133. The van der Waals surface area contributed by atoms with Crippen LogP contribution in [-0.2, 0) is 0 Å². The van der Waals surface area contributed by atoms with Crippen molar-refractivity contribution < 1.29 is 19.4 Å². The number of ether oxygens (including phenoxy) is 2. The monoisotopic (exact) mass is 299 g/mol. The van der Waals surface area contributed by atoms with Crippen molar-refractivity contribution in [3.63, 3.8) is 0 Å². The van der Waals surface area contributed by atoms with E-state index in [4.69, 9.17) is 9.47 Å². The number of hydrogen-bond acceptors (Lipinski definition) is 5. The molecule has 0 aliphatic carbocycles. The fourth-order valence-electron chi connectivity index (χ4n) is 2.22. The molecule has 0 aliphatic rings. The SMILES string of the molecule is COc1cc(OC)cc(-c2nnc3c(C(=O)O)cccn23)c1. The standard InChI is InChI=1S/C15H13N3O4/c1-21-10-6-9(7-11(8-10)22-2)13-16-17-14-12(15(19)20)4-3-5-18(13)14/h3-8H,1-2H3,(H,19,20). The van der Waals surface area contributed by atoms with E-state index in [1.54, 1.807) is 49.1 Å². The first-order valence-electron chi connectivity index (χ1n) is 6.44. The summed E-state index contributed by atoms with van der Waals surface area (Å²) in [4.78, 5) is 11.2. The third kappa shape index (κ3) is 2.22. The molecule has 7 heteroatoms. The number of pyridine rings is 1. The van der Waals surface area contributed by atoms with E-state index in [-0.39, 0.29) is 11.2 Å². The second-order valence-electron chi connectivity index (χ2n) is 4.55. The molecule has 2 aromatic heterocycles. The van der Waals surface area contributed by atoms with Gasteiger partial charge in [0.1, 0.15) is 17.1 Å². The zero-order chi connectivity index (χ0) is 15.7. The van der Waals surface area contributed by atoms with Gasteiger partial charge in [0, 0.05) is 17.8 Å². The molecule has 22 heavy (non-hydrogen) atoms. The van der Waals surface area contributed by atoms with Crippen molar-refractivity contribution in [2.24, 2.45) is 0 Å². The highest BCUT2D eigenvalue weighted by Gasteiger charge is 2.16. The molecule has 0 unspecified atom stereocenters. The Labute approximate surface area is 125 Å². The number of benzene rings is 1. The molecule has 112 valence electrons. The van der Waals surface area contributed by atoms with Crippen LogP contribution in [-0.4, -0.2) is 39.9 Å². The normalized spacial score (nSPS) is 10.6. The molecular formula is C15H13N3O4. The number of carbonyl (C=O) groups is 1. The van der Waals surface area contributed by atoms with Gasteiger partial charge in [-0.2, -0.15) is 0 Å². The van der Waals surface area contributed by atoms with E-state index in [0.717, 1.165) is 0 Å². The van der Waals surface area contributed by atoms with E-state index in [0.29, 0.717) is 22.9 Å². The van der Waals surface area contributed by atoms with E-state index in [2.05, 4.69) is 10.2 Å². The summed E-state index contributed by atoms with van der Waals surface area (Å²) in [5.41, 5.74) is 1.09. The molecule has 2 heterocycles. The van der Waals surface area contributed by atoms with Crippen LogP contribution in [0, 0.1) is 0 Å². The van der Waals surface area contributed by atoms with E-state index >= 15 is 0 Å². The van der Waals surface area contributed by atoms with E-state index < -0.39 is 5.97 Å². The summed E-state index contributed by atoms with van der Waals surface area (Å²) in [7, 11) is 3.12. The van der Waals surface area contributed by atoms with Gasteiger partial charge in [0.15, 0.2) is 11.5 Å². The number of nitrogens with zero attached hydrogens (tertiary/aromatic N) is 3. The lowest BCUT2D eigenvalue weighted by Gasteiger charge is -2.07. The maximum Gasteiger partial charge on any atom is 0.339 e. The van der Waals surface area contributed by atoms with Gasteiger partial charge in [-0.15, -0.1) is 10.2 Å². The number of carboxylic acids is 1. The van der Waals surface area contributed by atoms with Crippen molar-refractivity contribution in [3.8, 4) is 22.9 Å². The van der Waals surface area contributed by atoms with Crippen LogP contribution in [0.25, 0.3) is 17.0 Å². The summed E-state index contributed by atoms with van der Waals surface area (Å²) in [5.74, 6) is 0.684. The molecule has 0 saturated carbocycles. The first-order valence-corrected chi connectivity index (χ1v) is 6.44. The molecule has 7 nitrogen and oxygen atoms in total. The van der Waals surface area contributed by atoms with Gasteiger partial charge in [-0.05, 0) is 24.3 Å². The van der Waals surface area contributed by atoms with Crippen molar-refractivity contribution in [2.75, 3.05) is 14.2 Å². The molecule has 1 N–H and O–H groups in total. The predicted molar refractivity (Wildman–Crippen MR) is 78.5 cm³/mol. The van der Waals surface area contributed by atoms with Gasteiger partial charge in [-0.1, -0.05) is 0 Å². The van der Waals surface area contributed by atoms with Gasteiger partial charge < -0.3 is 14.6 Å². The van der Waals surface area contributed by atoms with Gasteiger partial charge in [-0.25, -0.2) is 4.79 Å². The van der Waals surface area contributed by atoms with Gasteiger partial charge >= 0.3 is 5.97 Å². The predicted octanol–water partition coefficient (Wildman–Crippen LogP) is 2.11. The molecule has 1 aromatic carbocycles. The molecular weight excluding hydrogens is 286 g/mol. The Balaban J connectivity index is 2.23. The lowest BCUT2D eigenvalue weighted by molar-refractivity contribution is 0.0698. The highest BCUT2D eigenvalue weighted by Crippen LogP contribution is 2.29. The number of aromatic nitrogens is 3. The molecule has 0 bridgehead atoms. The number of hydrogen-bond donors (Lipinski definition) is 1. The van der Waals surface area contributed by atoms with Crippen LogP contribution in [0.1, 0.15) is 10.4 Å². The minimum Gasteiger partial charge on any atom is -0.497 e. The van der Waals surface area contributed by atoms with Gasteiger partial charge in [0.2, 0.25) is 0 Å². The third-order valence-electron chi connectivity index (χ3n) is 3.27. The van der Waals surface area contributed by atoms with Crippen LogP contribution in [0.2, 0.25) is 0 Å². The summed E-state index contributed by atoms with van der Waals surface area (Å²) in [6.45, 7) is 0. The van der Waals surface area contributed by atoms with Crippen molar-refractivity contribution >= 4 is 11.6 Å². The molecule has 0 radical (unpaired) electrons. The van der Waals surface area contributed by atoms with Gasteiger partial charge in [0.05, 0.1) is 14.2 Å². The Kier molecular flexibility index (Phi) is 3.38. The molecule has 3 rings (SSSR count). The molecule has 0 saturated heterocycles.